The number of esters is 2. The van der Waals surface area contributed by atoms with Gasteiger partial charge in [0.15, 0.2) is 0 Å². The highest BCUT2D eigenvalue weighted by Gasteiger charge is 2.48. The van der Waals surface area contributed by atoms with Crippen LogP contribution in [0.4, 0.5) is 0 Å². The molecule has 0 aromatic heterocycles. The van der Waals surface area contributed by atoms with Gasteiger partial charge in [-0.15, -0.1) is 0 Å². The Morgan fingerprint density at radius 1 is 0.727 bits per heavy atom. The highest BCUT2D eigenvalue weighted by molar-refractivity contribution is 6.03. The Labute approximate surface area is 337 Å². The minimum Gasteiger partial charge on any atom is -0.462 e. The SMILES string of the molecule is C.C.C=C(C)C(C1CC(=O)N(C)C1=O)C(C)(C)CC(C)(C)CC(C)(C)CC(C)(C)C.CC.Cc1ccc(C(=O)OCCCOC(=O)c2ccc(C)cc2)cc1. The van der Waals surface area contributed by atoms with Crippen molar-refractivity contribution < 1.29 is 28.7 Å². The third-order valence-corrected chi connectivity index (χ3v) is 9.42. The van der Waals surface area contributed by atoms with Gasteiger partial charge >= 0.3 is 11.9 Å². The van der Waals surface area contributed by atoms with Crippen molar-refractivity contribution in [3.05, 3.63) is 82.9 Å². The number of imide groups is 1. The van der Waals surface area contributed by atoms with Gasteiger partial charge in [0.1, 0.15) is 0 Å². The first-order valence-electron chi connectivity index (χ1n) is 19.3. The molecule has 1 saturated heterocycles. The highest BCUT2D eigenvalue weighted by atomic mass is 16.5. The van der Waals surface area contributed by atoms with Crippen LogP contribution in [0.5, 0.6) is 0 Å². The number of benzene rings is 2. The summed E-state index contributed by atoms with van der Waals surface area (Å²) in [5, 5.41) is 0. The van der Waals surface area contributed by atoms with Gasteiger partial charge in [0.05, 0.1) is 30.3 Å². The highest BCUT2D eigenvalue weighted by Crippen LogP contribution is 2.51. The average molecular weight is 766 g/mol. The Balaban J connectivity index is 0. The number of nitrogens with zero attached hydrogens (tertiary/aromatic N) is 1. The van der Waals surface area contributed by atoms with Crippen LogP contribution in [-0.4, -0.2) is 48.9 Å². The lowest BCUT2D eigenvalue weighted by Crippen LogP contribution is -2.39. The maximum absolute atomic E-state index is 12.7. The van der Waals surface area contributed by atoms with Gasteiger partial charge < -0.3 is 9.47 Å². The van der Waals surface area contributed by atoms with Gasteiger partial charge in [-0.1, -0.05) is 139 Å². The molecule has 0 bridgehead atoms. The van der Waals surface area contributed by atoms with Crippen LogP contribution in [0.15, 0.2) is 60.7 Å². The number of hydrogen-bond donors (Lipinski definition) is 0. The Morgan fingerprint density at radius 2 is 1.11 bits per heavy atom. The van der Waals surface area contributed by atoms with E-state index in [9.17, 15) is 19.2 Å². The molecule has 55 heavy (non-hydrogen) atoms. The van der Waals surface area contributed by atoms with Crippen LogP contribution in [0.25, 0.3) is 0 Å². The standard InChI is InChI=1S/C25H45NO2.C19H20O4.C2H6.2CH4/c1-17(2)20(18-13-19(27)26(12)21(18)28)25(10,11)16-24(8,9)15-23(6,7)14-22(3,4)5;1-14-4-8-16(9-5-14)18(20)22-12-3-13-23-19(21)17-10-6-15(2)7-11-17;1-2;;/h18,20H,1,13-16H2,2-12H3;4-11H,3,12-13H2,1-2H3;1-2H3;2*1H4. The smallest absolute Gasteiger partial charge is 0.338 e. The number of likely N-dealkylation sites (tertiary alicyclic amines) is 1. The molecule has 1 aliphatic heterocycles. The third kappa shape index (κ3) is 18.2. The summed E-state index contributed by atoms with van der Waals surface area (Å²) in [5.41, 5.74) is 4.79. The van der Waals surface area contributed by atoms with Crippen molar-refractivity contribution in [3.8, 4) is 0 Å². The van der Waals surface area contributed by atoms with Gasteiger partial charge in [-0.05, 0) is 91.9 Å². The van der Waals surface area contributed by atoms with Crippen molar-refractivity contribution in [1.82, 2.24) is 4.90 Å². The van der Waals surface area contributed by atoms with Crippen LogP contribution < -0.4 is 0 Å². The lowest BCUT2D eigenvalue weighted by Gasteiger charge is -2.46. The van der Waals surface area contributed by atoms with E-state index in [1.54, 1.807) is 31.3 Å². The Bertz CT molecular complexity index is 1450. The van der Waals surface area contributed by atoms with Crippen molar-refractivity contribution in [2.75, 3.05) is 20.3 Å². The van der Waals surface area contributed by atoms with Crippen molar-refractivity contribution in [1.29, 1.82) is 0 Å². The predicted molar refractivity (Wildman–Crippen MR) is 231 cm³/mol. The van der Waals surface area contributed by atoms with Gasteiger partial charge in [0.25, 0.3) is 0 Å². The lowest BCUT2D eigenvalue weighted by molar-refractivity contribution is -0.138. The molecular weight excluding hydrogens is 687 g/mol. The molecule has 2 unspecified atom stereocenters. The maximum atomic E-state index is 12.7. The number of amides is 2. The number of carbonyl (C=O) groups excluding carboxylic acids is 4. The number of carbonyl (C=O) groups is 4. The quantitative estimate of drug-likeness (QED) is 0.0823. The average Bonchev–Trinajstić information content (AvgIpc) is 3.26. The van der Waals surface area contributed by atoms with Gasteiger partial charge in [0, 0.05) is 19.9 Å². The van der Waals surface area contributed by atoms with Crippen LogP contribution in [-0.2, 0) is 19.1 Å². The molecule has 2 amide bonds. The zero-order chi connectivity index (χ0) is 40.9. The number of hydrogen-bond acceptors (Lipinski definition) is 6. The summed E-state index contributed by atoms with van der Waals surface area (Å²) < 4.78 is 10.3. The molecule has 1 fully saturated rings. The molecule has 312 valence electrons. The molecule has 0 saturated carbocycles. The normalized spacial score (nSPS) is 14.9. The summed E-state index contributed by atoms with van der Waals surface area (Å²) in [4.78, 5) is 49.7. The topological polar surface area (TPSA) is 90.0 Å². The van der Waals surface area contributed by atoms with Crippen molar-refractivity contribution >= 4 is 23.8 Å². The van der Waals surface area contributed by atoms with E-state index in [4.69, 9.17) is 9.47 Å². The summed E-state index contributed by atoms with van der Waals surface area (Å²) in [6.07, 6.45) is 4.07. The number of ether oxygens (including phenoxy) is 2. The predicted octanol–water partition coefficient (Wildman–Crippen LogP) is 12.5. The van der Waals surface area contributed by atoms with Crippen molar-refractivity contribution in [3.63, 3.8) is 0 Å². The molecule has 3 rings (SSSR count). The molecular formula is C48H79NO6. The van der Waals surface area contributed by atoms with E-state index in [2.05, 4.69) is 68.9 Å². The van der Waals surface area contributed by atoms with E-state index >= 15 is 0 Å². The summed E-state index contributed by atoms with van der Waals surface area (Å²) in [7, 11) is 1.60. The van der Waals surface area contributed by atoms with E-state index in [-0.39, 0.29) is 79.9 Å². The minimum absolute atomic E-state index is 0. The summed E-state index contributed by atoms with van der Waals surface area (Å²) >= 11 is 0. The Kier molecular flexibility index (Phi) is 22.0. The van der Waals surface area contributed by atoms with Crippen LogP contribution in [0.1, 0.15) is 162 Å². The van der Waals surface area contributed by atoms with Gasteiger partial charge in [-0.2, -0.15) is 0 Å². The van der Waals surface area contributed by atoms with Crippen LogP contribution in [0.3, 0.4) is 0 Å². The third-order valence-electron chi connectivity index (χ3n) is 9.42. The molecule has 1 aliphatic rings. The Morgan fingerprint density at radius 3 is 1.44 bits per heavy atom. The van der Waals surface area contributed by atoms with Crippen LogP contribution >= 0.6 is 0 Å². The summed E-state index contributed by atoms with van der Waals surface area (Å²) in [5.74, 6) is -1.11. The van der Waals surface area contributed by atoms with E-state index < -0.39 is 0 Å². The number of allylic oxidation sites excluding steroid dienone is 1. The largest absolute Gasteiger partial charge is 0.462 e. The fourth-order valence-corrected chi connectivity index (χ4v) is 8.73. The fourth-order valence-electron chi connectivity index (χ4n) is 8.73. The maximum Gasteiger partial charge on any atom is 0.338 e. The molecule has 1 heterocycles. The minimum atomic E-state index is -0.366. The molecule has 7 heteroatoms. The van der Waals surface area contributed by atoms with Crippen LogP contribution in [0.2, 0.25) is 0 Å². The van der Waals surface area contributed by atoms with E-state index in [1.165, 1.54) is 11.3 Å². The number of rotatable bonds is 14. The Hall–Kier alpha value is -3.74. The molecule has 2 aromatic carbocycles. The first-order valence-corrected chi connectivity index (χ1v) is 19.3. The summed E-state index contributed by atoms with van der Waals surface area (Å²) in [6, 6.07) is 14.4. The van der Waals surface area contributed by atoms with Crippen LogP contribution in [0, 0.1) is 47.3 Å². The second kappa shape index (κ2) is 22.7. The first kappa shape index (κ1) is 53.4. The van der Waals surface area contributed by atoms with E-state index in [0.717, 1.165) is 29.5 Å². The number of aryl methyl sites for hydroxylation is 2. The molecule has 7 nitrogen and oxygen atoms in total. The second-order valence-corrected chi connectivity index (χ2v) is 18.2. The van der Waals surface area contributed by atoms with Crippen molar-refractivity contribution in [2.24, 2.45) is 33.5 Å². The second-order valence-electron chi connectivity index (χ2n) is 18.2. The molecule has 0 N–H and O–H groups in total. The van der Waals surface area contributed by atoms with Crippen molar-refractivity contribution in [2.45, 2.75) is 144 Å². The van der Waals surface area contributed by atoms with Gasteiger partial charge in [-0.25, -0.2) is 9.59 Å². The molecule has 0 aliphatic carbocycles. The monoisotopic (exact) mass is 766 g/mol. The molecule has 2 aromatic rings. The zero-order valence-corrected chi connectivity index (χ0v) is 35.8. The zero-order valence-electron chi connectivity index (χ0n) is 35.8. The molecule has 0 radical (unpaired) electrons. The first-order chi connectivity index (χ1) is 24.3. The van der Waals surface area contributed by atoms with E-state index in [1.807, 2.05) is 58.9 Å². The lowest BCUT2D eigenvalue weighted by atomic mass is 9.59. The molecule has 0 spiro atoms. The van der Waals surface area contributed by atoms with Gasteiger partial charge in [-0.3, -0.25) is 14.5 Å². The molecule has 2 atom stereocenters. The van der Waals surface area contributed by atoms with Gasteiger partial charge in [0.2, 0.25) is 11.8 Å². The van der Waals surface area contributed by atoms with E-state index in [0.29, 0.717) is 29.4 Å². The fraction of sp³-hybridized carbons (Fsp3) is 0.625. The summed E-state index contributed by atoms with van der Waals surface area (Å²) in [6.45, 7) is 35.4.